The number of aromatic nitrogens is 1. The summed E-state index contributed by atoms with van der Waals surface area (Å²) < 4.78 is 40.2. The predicted molar refractivity (Wildman–Crippen MR) is 165 cm³/mol. The summed E-state index contributed by atoms with van der Waals surface area (Å²) in [6.45, 7) is 6.49. The van der Waals surface area contributed by atoms with E-state index < -0.39 is 10.0 Å². The van der Waals surface area contributed by atoms with Gasteiger partial charge in [-0.3, -0.25) is 0 Å². The summed E-state index contributed by atoms with van der Waals surface area (Å²) in [5.74, 6) is 1.35. The third-order valence-electron chi connectivity index (χ3n) is 7.50. The zero-order chi connectivity index (χ0) is 29.1. The Hall–Kier alpha value is -2.12. The van der Waals surface area contributed by atoms with Gasteiger partial charge in [0.2, 0.25) is 10.0 Å². The number of ether oxygens (including phenoxy) is 2. The molecule has 0 amide bonds. The summed E-state index contributed by atoms with van der Waals surface area (Å²) in [7, 11) is -1.77. The molecular weight excluding hydrogens is 520 g/mol. The number of aryl methyl sites for hydroxylation is 1. The summed E-state index contributed by atoms with van der Waals surface area (Å²) in [5, 5.41) is 0. The first-order valence-corrected chi connectivity index (χ1v) is 17.4. The molecular formula is C33H55N2O4S+. The Morgan fingerprint density at radius 2 is 1.23 bits per heavy atom. The van der Waals surface area contributed by atoms with Crippen LogP contribution < -0.4 is 14.0 Å². The second-order valence-electron chi connectivity index (χ2n) is 11.0. The molecule has 6 nitrogen and oxygen atoms in total. The van der Waals surface area contributed by atoms with Crippen LogP contribution >= 0.6 is 0 Å². The molecule has 7 heteroatoms. The average molecular weight is 576 g/mol. The monoisotopic (exact) mass is 575 g/mol. The van der Waals surface area contributed by atoms with E-state index in [1.807, 2.05) is 42.7 Å². The van der Waals surface area contributed by atoms with Crippen molar-refractivity contribution in [3.8, 4) is 11.5 Å². The molecule has 40 heavy (non-hydrogen) atoms. The van der Waals surface area contributed by atoms with Crippen molar-refractivity contribution in [2.75, 3.05) is 20.0 Å². The third kappa shape index (κ3) is 14.0. The minimum atomic E-state index is -3.39. The molecule has 0 fully saturated rings. The Labute approximate surface area is 245 Å². The number of hydrogen-bond donors (Lipinski definition) is 0. The van der Waals surface area contributed by atoms with Crippen molar-refractivity contribution in [1.29, 1.82) is 0 Å². The van der Waals surface area contributed by atoms with Crippen LogP contribution in [0.4, 0.5) is 0 Å². The van der Waals surface area contributed by atoms with Gasteiger partial charge in [0, 0.05) is 25.2 Å². The van der Waals surface area contributed by atoms with E-state index in [1.165, 1.54) is 94.0 Å². The van der Waals surface area contributed by atoms with E-state index in [1.54, 1.807) is 7.11 Å². The largest absolute Gasteiger partial charge is 0.493 e. The Morgan fingerprint density at radius 1 is 0.700 bits per heavy atom. The van der Waals surface area contributed by atoms with Crippen LogP contribution in [0, 0.1) is 0 Å². The van der Waals surface area contributed by atoms with Gasteiger partial charge < -0.3 is 9.47 Å². The molecule has 0 atom stereocenters. The number of rotatable bonds is 23. The number of benzene rings is 1. The van der Waals surface area contributed by atoms with E-state index >= 15 is 0 Å². The number of hydrogen-bond acceptors (Lipinski definition) is 4. The van der Waals surface area contributed by atoms with Crippen molar-refractivity contribution >= 4 is 10.0 Å². The van der Waals surface area contributed by atoms with Crippen LogP contribution in [0.2, 0.25) is 0 Å². The lowest BCUT2D eigenvalue weighted by atomic mass is 10.0. The SMILES string of the molecule is CCCCCCCCCCCCCCCCOc1ccc(CN(Cc2cc[n+](CC)cc2)S(C)(=O)=O)cc1OC. The Kier molecular flexibility index (Phi) is 16.9. The van der Waals surface area contributed by atoms with Gasteiger partial charge in [-0.05, 0) is 36.6 Å². The van der Waals surface area contributed by atoms with Gasteiger partial charge in [0.05, 0.1) is 20.0 Å². The summed E-state index contributed by atoms with van der Waals surface area (Å²) >= 11 is 0. The summed E-state index contributed by atoms with van der Waals surface area (Å²) in [6.07, 6.45) is 23.9. The number of pyridine rings is 1. The van der Waals surface area contributed by atoms with Crippen LogP contribution in [0.3, 0.4) is 0 Å². The zero-order valence-electron chi connectivity index (χ0n) is 25.7. The van der Waals surface area contributed by atoms with Gasteiger partial charge in [-0.25, -0.2) is 13.0 Å². The van der Waals surface area contributed by atoms with Crippen LogP contribution in [0.5, 0.6) is 11.5 Å². The Morgan fingerprint density at radius 3 is 1.73 bits per heavy atom. The van der Waals surface area contributed by atoms with Crippen LogP contribution in [0.15, 0.2) is 42.7 Å². The second-order valence-corrected chi connectivity index (χ2v) is 13.0. The molecule has 0 N–H and O–H groups in total. The number of sulfonamides is 1. The van der Waals surface area contributed by atoms with E-state index in [-0.39, 0.29) is 6.54 Å². The van der Waals surface area contributed by atoms with Crippen LogP contribution in [-0.4, -0.2) is 32.7 Å². The fourth-order valence-corrected chi connectivity index (χ4v) is 5.68. The molecule has 0 unspecified atom stereocenters. The van der Waals surface area contributed by atoms with Gasteiger partial charge in [-0.1, -0.05) is 96.5 Å². The van der Waals surface area contributed by atoms with E-state index in [9.17, 15) is 8.42 Å². The quantitative estimate of drug-likeness (QED) is 0.100. The van der Waals surface area contributed by atoms with Gasteiger partial charge in [0.25, 0.3) is 0 Å². The zero-order valence-corrected chi connectivity index (χ0v) is 26.5. The normalized spacial score (nSPS) is 11.7. The van der Waals surface area contributed by atoms with Crippen LogP contribution in [-0.2, 0) is 29.7 Å². The van der Waals surface area contributed by atoms with E-state index in [4.69, 9.17) is 9.47 Å². The first-order valence-electron chi connectivity index (χ1n) is 15.6. The number of nitrogens with zero attached hydrogens (tertiary/aromatic N) is 2. The molecule has 226 valence electrons. The predicted octanol–water partition coefficient (Wildman–Crippen LogP) is 7.82. The summed E-state index contributed by atoms with van der Waals surface area (Å²) in [4.78, 5) is 0. The van der Waals surface area contributed by atoms with Crippen LogP contribution in [0.25, 0.3) is 0 Å². The second kappa shape index (κ2) is 19.9. The molecule has 0 aliphatic rings. The van der Waals surface area contributed by atoms with Crippen molar-refractivity contribution < 1.29 is 22.5 Å². The minimum Gasteiger partial charge on any atom is -0.493 e. The lowest BCUT2D eigenvalue weighted by Gasteiger charge is -2.21. The molecule has 0 spiro atoms. The third-order valence-corrected chi connectivity index (χ3v) is 8.69. The van der Waals surface area contributed by atoms with E-state index in [2.05, 4.69) is 18.4 Å². The summed E-state index contributed by atoms with van der Waals surface area (Å²) in [5.41, 5.74) is 1.82. The number of unbranched alkanes of at least 4 members (excludes halogenated alkanes) is 13. The van der Waals surface area contributed by atoms with Gasteiger partial charge in [-0.2, -0.15) is 4.31 Å². The van der Waals surface area contributed by atoms with Gasteiger partial charge in [-0.15, -0.1) is 0 Å². The van der Waals surface area contributed by atoms with Crippen molar-refractivity contribution in [3.63, 3.8) is 0 Å². The standard InChI is InChI=1S/C33H55N2O4S/c1-5-7-8-9-10-11-12-13-14-15-16-17-18-19-26-39-32-21-20-31(27-33(32)38-3)29-35(40(4,36)37)28-30-22-24-34(6-2)25-23-30/h20-25,27H,5-19,26,28-29H2,1-4H3/q+1. The maximum atomic E-state index is 12.5. The fraction of sp³-hybridized carbons (Fsp3) is 0.667. The molecule has 1 aromatic heterocycles. The highest BCUT2D eigenvalue weighted by Crippen LogP contribution is 2.29. The highest BCUT2D eigenvalue weighted by Gasteiger charge is 2.19. The van der Waals surface area contributed by atoms with Crippen LogP contribution in [0.1, 0.15) is 115 Å². The van der Waals surface area contributed by atoms with Crippen molar-refractivity contribution in [3.05, 3.63) is 53.9 Å². The molecule has 2 rings (SSSR count). The molecule has 0 saturated heterocycles. The molecule has 2 aromatic rings. The maximum Gasteiger partial charge on any atom is 0.211 e. The van der Waals surface area contributed by atoms with Crippen molar-refractivity contribution in [2.24, 2.45) is 0 Å². The highest BCUT2D eigenvalue weighted by molar-refractivity contribution is 7.88. The topological polar surface area (TPSA) is 59.7 Å². The Balaban J connectivity index is 1.69. The Bertz CT molecular complexity index is 1040. The minimum absolute atomic E-state index is 0.275. The molecule has 0 bridgehead atoms. The van der Waals surface area contributed by atoms with Gasteiger partial charge in [0.15, 0.2) is 23.9 Å². The number of methoxy groups -OCH3 is 1. The van der Waals surface area contributed by atoms with Gasteiger partial charge >= 0.3 is 0 Å². The molecule has 0 aliphatic heterocycles. The fourth-order valence-electron chi connectivity index (χ4n) is 4.91. The first-order chi connectivity index (χ1) is 19.4. The lowest BCUT2D eigenvalue weighted by molar-refractivity contribution is -0.693. The lowest BCUT2D eigenvalue weighted by Crippen LogP contribution is -2.32. The van der Waals surface area contributed by atoms with Crippen molar-refractivity contribution in [1.82, 2.24) is 4.31 Å². The van der Waals surface area contributed by atoms with E-state index in [0.717, 1.165) is 24.1 Å². The highest BCUT2D eigenvalue weighted by atomic mass is 32.2. The molecule has 1 aromatic carbocycles. The molecule has 0 saturated carbocycles. The smallest absolute Gasteiger partial charge is 0.211 e. The van der Waals surface area contributed by atoms with Crippen molar-refractivity contribution in [2.45, 2.75) is 123 Å². The first kappa shape index (κ1) is 34.1. The van der Waals surface area contributed by atoms with Gasteiger partial charge in [0.1, 0.15) is 6.54 Å². The average Bonchev–Trinajstić information content (AvgIpc) is 2.95. The molecule has 1 heterocycles. The van der Waals surface area contributed by atoms with E-state index in [0.29, 0.717) is 24.7 Å². The maximum absolute atomic E-state index is 12.5. The summed E-state index contributed by atoms with van der Waals surface area (Å²) in [6, 6.07) is 9.64. The molecule has 0 aliphatic carbocycles. The molecule has 0 radical (unpaired) electrons.